The molecule has 0 bridgehead atoms. The molecule has 0 radical (unpaired) electrons. The summed E-state index contributed by atoms with van der Waals surface area (Å²) in [7, 11) is 1.64. The number of hydrogen-bond acceptors (Lipinski definition) is 4. The minimum absolute atomic E-state index is 0.0802. The number of amides is 2. The van der Waals surface area contributed by atoms with Crippen molar-refractivity contribution >= 4 is 33.0 Å². The highest BCUT2D eigenvalue weighted by Gasteiger charge is 2.24. The SMILES string of the molecule is COc1ccc(C[C@@H](NC(=O)NC2CCC(O)CC2)c2nc3cc(Br)ccc3[nH]2)cc1. The molecular weight excluding hydrogens is 460 g/mol. The number of halogens is 1. The molecule has 8 heteroatoms. The highest BCUT2D eigenvalue weighted by molar-refractivity contribution is 9.10. The number of aliphatic hydroxyl groups excluding tert-OH is 1. The summed E-state index contributed by atoms with van der Waals surface area (Å²) in [6, 6.07) is 13.2. The van der Waals surface area contributed by atoms with Gasteiger partial charge in [0.2, 0.25) is 0 Å². The predicted octanol–water partition coefficient (Wildman–Crippen LogP) is 4.22. The molecule has 31 heavy (non-hydrogen) atoms. The second kappa shape index (κ2) is 9.70. The van der Waals surface area contributed by atoms with E-state index < -0.39 is 0 Å². The van der Waals surface area contributed by atoms with Crippen LogP contribution in [0, 0.1) is 0 Å². The average Bonchev–Trinajstić information content (AvgIpc) is 3.18. The van der Waals surface area contributed by atoms with E-state index in [2.05, 4.69) is 31.5 Å². The van der Waals surface area contributed by atoms with Crippen LogP contribution in [0.25, 0.3) is 11.0 Å². The fraction of sp³-hybridized carbons (Fsp3) is 0.391. The maximum absolute atomic E-state index is 12.8. The van der Waals surface area contributed by atoms with Crippen molar-refractivity contribution in [1.29, 1.82) is 0 Å². The van der Waals surface area contributed by atoms with Crippen molar-refractivity contribution in [2.24, 2.45) is 0 Å². The van der Waals surface area contributed by atoms with Gasteiger partial charge in [-0.3, -0.25) is 0 Å². The Morgan fingerprint density at radius 1 is 1.23 bits per heavy atom. The molecular formula is C23H27BrN4O3. The van der Waals surface area contributed by atoms with Gasteiger partial charge in [0.25, 0.3) is 0 Å². The molecule has 1 saturated carbocycles. The number of H-pyrrole nitrogens is 1. The Balaban J connectivity index is 1.52. The van der Waals surface area contributed by atoms with Crippen LogP contribution in [0.15, 0.2) is 46.9 Å². The van der Waals surface area contributed by atoms with E-state index in [9.17, 15) is 9.90 Å². The van der Waals surface area contributed by atoms with E-state index in [-0.39, 0.29) is 24.2 Å². The summed E-state index contributed by atoms with van der Waals surface area (Å²) in [5.74, 6) is 1.50. The van der Waals surface area contributed by atoms with Crippen LogP contribution in [0.3, 0.4) is 0 Å². The van der Waals surface area contributed by atoms with Crippen molar-refractivity contribution < 1.29 is 14.6 Å². The molecule has 1 aromatic heterocycles. The molecule has 2 aromatic carbocycles. The zero-order chi connectivity index (χ0) is 21.8. The number of nitrogens with zero attached hydrogens (tertiary/aromatic N) is 1. The first-order valence-corrected chi connectivity index (χ1v) is 11.3. The number of nitrogens with one attached hydrogen (secondary N) is 3. The number of ether oxygens (including phenoxy) is 1. The standard InChI is InChI=1S/C23H27BrN4O3/c1-31-18-9-2-14(3-10-18)12-21(22-26-19-11-4-15(24)13-20(19)27-22)28-23(30)25-16-5-7-17(29)8-6-16/h2-4,9-11,13,16-17,21,29H,5-8,12H2,1H3,(H,26,27)(H2,25,28,30)/t16?,17?,21-/m1/s1. The molecule has 1 fully saturated rings. The third-order valence-corrected chi connectivity index (χ3v) is 6.22. The van der Waals surface area contributed by atoms with Crippen LogP contribution in [0.2, 0.25) is 0 Å². The van der Waals surface area contributed by atoms with Crippen LogP contribution in [-0.2, 0) is 6.42 Å². The van der Waals surface area contributed by atoms with Gasteiger partial charge in [0.05, 0.1) is 30.3 Å². The minimum atomic E-state index is -0.325. The summed E-state index contributed by atoms with van der Waals surface area (Å²) < 4.78 is 6.20. The van der Waals surface area contributed by atoms with E-state index in [1.165, 1.54) is 0 Å². The fourth-order valence-electron chi connectivity index (χ4n) is 3.98. The summed E-state index contributed by atoms with van der Waals surface area (Å²) in [5, 5.41) is 15.8. The number of imidazole rings is 1. The van der Waals surface area contributed by atoms with Gasteiger partial charge in [0.15, 0.2) is 0 Å². The highest BCUT2D eigenvalue weighted by atomic mass is 79.9. The molecule has 0 unspecified atom stereocenters. The first-order chi connectivity index (χ1) is 15.0. The summed E-state index contributed by atoms with van der Waals surface area (Å²) in [6.07, 6.45) is 3.35. The Labute approximate surface area is 189 Å². The number of fused-ring (bicyclic) bond motifs is 1. The average molecular weight is 487 g/mol. The molecule has 3 aromatic rings. The molecule has 2 amide bonds. The largest absolute Gasteiger partial charge is 0.497 e. The predicted molar refractivity (Wildman–Crippen MR) is 123 cm³/mol. The normalized spacial score (nSPS) is 19.7. The number of hydrogen-bond donors (Lipinski definition) is 4. The monoisotopic (exact) mass is 486 g/mol. The second-order valence-corrected chi connectivity index (χ2v) is 8.93. The van der Waals surface area contributed by atoms with Gasteiger partial charge in [0, 0.05) is 10.5 Å². The van der Waals surface area contributed by atoms with Gasteiger partial charge >= 0.3 is 6.03 Å². The molecule has 164 valence electrons. The molecule has 1 heterocycles. The molecule has 1 aliphatic rings. The lowest BCUT2D eigenvalue weighted by Crippen LogP contribution is -2.45. The highest BCUT2D eigenvalue weighted by Crippen LogP contribution is 2.24. The number of methoxy groups -OCH3 is 1. The van der Waals surface area contributed by atoms with Gasteiger partial charge in [-0.05, 0) is 68.0 Å². The van der Waals surface area contributed by atoms with Gasteiger partial charge in [-0.2, -0.15) is 0 Å². The minimum Gasteiger partial charge on any atom is -0.497 e. The van der Waals surface area contributed by atoms with Gasteiger partial charge in [-0.25, -0.2) is 9.78 Å². The Morgan fingerprint density at radius 2 is 1.97 bits per heavy atom. The van der Waals surface area contributed by atoms with Crippen molar-refractivity contribution in [2.45, 2.75) is 50.3 Å². The van der Waals surface area contributed by atoms with Crippen LogP contribution in [-0.4, -0.2) is 40.4 Å². The molecule has 0 spiro atoms. The quantitative estimate of drug-likeness (QED) is 0.419. The van der Waals surface area contributed by atoms with Crippen LogP contribution in [0.1, 0.15) is 43.1 Å². The maximum atomic E-state index is 12.8. The first-order valence-electron chi connectivity index (χ1n) is 10.5. The topological polar surface area (TPSA) is 99.3 Å². The third kappa shape index (κ3) is 5.57. The second-order valence-electron chi connectivity index (χ2n) is 8.01. The Hall–Kier alpha value is -2.58. The van der Waals surface area contributed by atoms with Crippen molar-refractivity contribution in [3.63, 3.8) is 0 Å². The number of aliphatic hydroxyl groups is 1. The summed E-state index contributed by atoms with van der Waals surface area (Å²) in [6.45, 7) is 0. The van der Waals surface area contributed by atoms with Gasteiger partial charge in [0.1, 0.15) is 11.6 Å². The zero-order valence-electron chi connectivity index (χ0n) is 17.4. The smallest absolute Gasteiger partial charge is 0.315 e. The van der Waals surface area contributed by atoms with Crippen molar-refractivity contribution in [1.82, 2.24) is 20.6 Å². The van der Waals surface area contributed by atoms with Gasteiger partial charge in [-0.15, -0.1) is 0 Å². The Kier molecular flexibility index (Phi) is 6.77. The molecule has 1 aliphatic carbocycles. The lowest BCUT2D eigenvalue weighted by atomic mass is 9.93. The lowest BCUT2D eigenvalue weighted by Gasteiger charge is -2.27. The third-order valence-electron chi connectivity index (χ3n) is 5.73. The van der Waals surface area contributed by atoms with Crippen molar-refractivity contribution in [2.75, 3.05) is 7.11 Å². The van der Waals surface area contributed by atoms with E-state index >= 15 is 0 Å². The van der Waals surface area contributed by atoms with Crippen LogP contribution in [0.4, 0.5) is 4.79 Å². The Bertz CT molecular complexity index is 1030. The van der Waals surface area contributed by atoms with Gasteiger partial charge in [-0.1, -0.05) is 28.1 Å². The number of benzene rings is 2. The number of aromatic nitrogens is 2. The molecule has 4 rings (SSSR count). The molecule has 7 nitrogen and oxygen atoms in total. The van der Waals surface area contributed by atoms with E-state index in [0.717, 1.165) is 52.5 Å². The first kappa shape index (κ1) is 21.6. The van der Waals surface area contributed by atoms with E-state index in [1.54, 1.807) is 7.11 Å². The van der Waals surface area contributed by atoms with E-state index in [0.29, 0.717) is 12.2 Å². The lowest BCUT2D eigenvalue weighted by molar-refractivity contribution is 0.117. The molecule has 0 aliphatic heterocycles. The summed E-state index contributed by atoms with van der Waals surface area (Å²) >= 11 is 3.48. The Morgan fingerprint density at radius 3 is 2.68 bits per heavy atom. The van der Waals surface area contributed by atoms with Crippen molar-refractivity contribution in [3.8, 4) is 5.75 Å². The van der Waals surface area contributed by atoms with Crippen LogP contribution in [0.5, 0.6) is 5.75 Å². The van der Waals surface area contributed by atoms with Gasteiger partial charge < -0.3 is 25.5 Å². The molecule has 0 saturated heterocycles. The number of rotatable bonds is 6. The zero-order valence-corrected chi connectivity index (χ0v) is 19.0. The van der Waals surface area contributed by atoms with E-state index in [4.69, 9.17) is 9.72 Å². The number of carbonyl (C=O) groups excluding carboxylic acids is 1. The van der Waals surface area contributed by atoms with Crippen LogP contribution < -0.4 is 15.4 Å². The number of carbonyl (C=O) groups is 1. The number of aromatic amines is 1. The summed E-state index contributed by atoms with van der Waals surface area (Å²) in [4.78, 5) is 20.9. The van der Waals surface area contributed by atoms with Crippen molar-refractivity contribution in [3.05, 3.63) is 58.3 Å². The maximum Gasteiger partial charge on any atom is 0.315 e. The molecule has 1 atom stereocenters. The van der Waals surface area contributed by atoms with E-state index in [1.807, 2.05) is 42.5 Å². The molecule has 4 N–H and O–H groups in total. The number of urea groups is 1. The fourth-order valence-corrected chi connectivity index (χ4v) is 4.33. The summed E-state index contributed by atoms with van der Waals surface area (Å²) in [5.41, 5.74) is 2.82. The van der Waals surface area contributed by atoms with Crippen LogP contribution >= 0.6 is 15.9 Å².